The molecule has 0 unspecified atom stereocenters. The summed E-state index contributed by atoms with van der Waals surface area (Å²) in [4.78, 5) is 0. The normalized spacial score (nSPS) is 11.4. The molecule has 0 radical (unpaired) electrons. The molecule has 0 rings (SSSR count). The van der Waals surface area contributed by atoms with Gasteiger partial charge in [-0.1, -0.05) is 20.8 Å². The highest BCUT2D eigenvalue weighted by molar-refractivity contribution is 6.50. The van der Waals surface area contributed by atoms with Crippen LogP contribution >= 0.6 is 0 Å². The van der Waals surface area contributed by atoms with Gasteiger partial charge in [-0.05, 0) is 12.3 Å². The number of hydrogen-bond donors (Lipinski definition) is 0. The van der Waals surface area contributed by atoms with E-state index < -0.39 is 7.25 Å². The molecule has 0 fully saturated rings. The average Bonchev–Trinajstić information content (AvgIpc) is 1.97. The van der Waals surface area contributed by atoms with Gasteiger partial charge in [0.15, 0.2) is 0 Å². The molecule has 0 aliphatic rings. The summed E-state index contributed by atoms with van der Waals surface area (Å²) in [6.07, 6.45) is 0.994. The van der Waals surface area contributed by atoms with E-state index >= 15 is 0 Å². The van der Waals surface area contributed by atoms with Gasteiger partial charge in [-0.2, -0.15) is 0 Å². The number of rotatable bonds is 2. The first-order valence-electron chi connectivity index (χ1n) is 5.40. The second-order valence-electron chi connectivity index (χ2n) is 4.95. The maximum absolute atomic E-state index is 9.75. The predicted molar refractivity (Wildman–Crippen MR) is 63.0 cm³/mol. The second kappa shape index (κ2) is 7.56. The summed E-state index contributed by atoms with van der Waals surface area (Å²) >= 11 is 0. The summed E-state index contributed by atoms with van der Waals surface area (Å²) in [7, 11) is -1.95. The van der Waals surface area contributed by atoms with Gasteiger partial charge in [0.2, 0.25) is 0 Å². The van der Waals surface area contributed by atoms with Crippen LogP contribution in [0.5, 0.6) is 0 Å². The highest BCUT2D eigenvalue weighted by Gasteiger charge is 2.21. The third kappa shape index (κ3) is 21.2. The summed E-state index contributed by atoms with van der Waals surface area (Å²) in [5, 5.41) is 0. The van der Waals surface area contributed by atoms with Gasteiger partial charge in [-0.15, -0.1) is 0 Å². The van der Waals surface area contributed by atoms with Crippen LogP contribution in [0, 0.1) is 5.41 Å². The van der Waals surface area contributed by atoms with E-state index in [0.29, 0.717) is 5.41 Å². The standard InChI is InChI=1S/C10H22NO.BF4/c1-7-12-9(11(5)6)8-10(2,3)4;2-1(3,4)5/h7-8H2,1-6H3;/q+1;-1. The van der Waals surface area contributed by atoms with Crippen molar-refractivity contribution in [2.45, 2.75) is 34.1 Å². The Morgan fingerprint density at radius 3 is 1.65 bits per heavy atom. The van der Waals surface area contributed by atoms with Crippen LogP contribution in [0.1, 0.15) is 34.1 Å². The molecule has 0 heterocycles. The van der Waals surface area contributed by atoms with Crippen molar-refractivity contribution >= 4 is 13.2 Å². The molecular formula is C10H22BF4NO. The number of ether oxygens (including phenoxy) is 1. The Kier molecular flexibility index (Phi) is 8.27. The van der Waals surface area contributed by atoms with Gasteiger partial charge in [-0.25, -0.2) is 4.58 Å². The summed E-state index contributed by atoms with van der Waals surface area (Å²) < 4.78 is 46.6. The molecule has 7 heteroatoms. The zero-order chi connectivity index (χ0) is 14.3. The molecule has 0 saturated heterocycles. The van der Waals surface area contributed by atoms with E-state index in [4.69, 9.17) is 4.74 Å². The van der Waals surface area contributed by atoms with Gasteiger partial charge >= 0.3 is 13.2 Å². The van der Waals surface area contributed by atoms with Gasteiger partial charge in [0.25, 0.3) is 0 Å². The van der Waals surface area contributed by atoms with Gasteiger partial charge in [0.1, 0.15) is 14.1 Å². The Balaban J connectivity index is 0. The van der Waals surface area contributed by atoms with Crippen LogP contribution in [0.25, 0.3) is 0 Å². The number of nitrogens with zero attached hydrogens (tertiary/aromatic N) is 1. The van der Waals surface area contributed by atoms with Crippen LogP contribution in [0.2, 0.25) is 0 Å². The van der Waals surface area contributed by atoms with Crippen LogP contribution in [-0.2, 0) is 4.74 Å². The lowest BCUT2D eigenvalue weighted by atomic mass is 9.92. The Hall–Kier alpha value is -0.745. The SMILES string of the molecule is CCOC(CC(C)(C)C)=[N+](C)C.F[B-](F)(F)F. The minimum atomic E-state index is -6.00. The third-order valence-corrected chi connectivity index (χ3v) is 1.49. The largest absolute Gasteiger partial charge is 0.673 e. The smallest absolute Gasteiger partial charge is 0.448 e. The summed E-state index contributed by atoms with van der Waals surface area (Å²) in [6.45, 7) is 9.43. The molecule has 0 aliphatic heterocycles. The highest BCUT2D eigenvalue weighted by atomic mass is 19.5. The van der Waals surface area contributed by atoms with Gasteiger partial charge in [-0.3, -0.25) is 0 Å². The van der Waals surface area contributed by atoms with Crippen molar-refractivity contribution in [3.63, 3.8) is 0 Å². The lowest BCUT2D eigenvalue weighted by Gasteiger charge is -2.16. The van der Waals surface area contributed by atoms with Crippen molar-refractivity contribution in [2.24, 2.45) is 5.41 Å². The maximum atomic E-state index is 9.75. The molecule has 0 bridgehead atoms. The monoisotopic (exact) mass is 259 g/mol. The van der Waals surface area contributed by atoms with Gasteiger partial charge < -0.3 is 22.0 Å². The predicted octanol–water partition coefficient (Wildman–Crippen LogP) is 3.43. The Bertz CT molecular complexity index is 236. The molecule has 0 aromatic rings. The van der Waals surface area contributed by atoms with E-state index in [0.717, 1.165) is 18.9 Å². The minimum absolute atomic E-state index is 0.300. The molecule has 0 amide bonds. The molecule has 104 valence electrons. The minimum Gasteiger partial charge on any atom is -0.448 e. The van der Waals surface area contributed by atoms with E-state index in [1.165, 1.54) is 0 Å². The fraction of sp³-hybridized carbons (Fsp3) is 0.900. The average molecular weight is 259 g/mol. The zero-order valence-electron chi connectivity index (χ0n) is 11.4. The van der Waals surface area contributed by atoms with Crippen molar-refractivity contribution < 1.29 is 26.6 Å². The van der Waals surface area contributed by atoms with Crippen LogP contribution in [0.15, 0.2) is 0 Å². The fourth-order valence-electron chi connectivity index (χ4n) is 0.959. The summed E-state index contributed by atoms with van der Waals surface area (Å²) in [5.41, 5.74) is 0.300. The Morgan fingerprint density at radius 1 is 1.12 bits per heavy atom. The quantitative estimate of drug-likeness (QED) is 0.243. The van der Waals surface area contributed by atoms with Crippen LogP contribution in [0.3, 0.4) is 0 Å². The molecule has 0 aliphatic carbocycles. The first-order valence-corrected chi connectivity index (χ1v) is 5.40. The van der Waals surface area contributed by atoms with E-state index in [1.807, 2.05) is 21.0 Å². The first kappa shape index (κ1) is 18.6. The van der Waals surface area contributed by atoms with Crippen LogP contribution in [-0.4, -0.2) is 38.4 Å². The van der Waals surface area contributed by atoms with Gasteiger partial charge in [0, 0.05) is 0 Å². The second-order valence-corrected chi connectivity index (χ2v) is 4.95. The topological polar surface area (TPSA) is 12.2 Å². The van der Waals surface area contributed by atoms with Crippen molar-refractivity contribution in [3.8, 4) is 0 Å². The molecule has 0 atom stereocenters. The molecule has 2 nitrogen and oxygen atoms in total. The van der Waals surface area contributed by atoms with Crippen LogP contribution in [0.4, 0.5) is 17.3 Å². The molecule has 0 N–H and O–H groups in total. The van der Waals surface area contributed by atoms with Crippen molar-refractivity contribution in [1.82, 2.24) is 0 Å². The van der Waals surface area contributed by atoms with Crippen molar-refractivity contribution in [1.29, 1.82) is 0 Å². The summed E-state index contributed by atoms with van der Waals surface area (Å²) in [5.74, 6) is 1.07. The Labute approximate surface area is 101 Å². The highest BCUT2D eigenvalue weighted by Crippen LogP contribution is 2.19. The molecule has 0 spiro atoms. The van der Waals surface area contributed by atoms with Crippen molar-refractivity contribution in [2.75, 3.05) is 20.7 Å². The fourth-order valence-corrected chi connectivity index (χ4v) is 0.959. The van der Waals surface area contributed by atoms with Gasteiger partial charge in [0.05, 0.1) is 13.0 Å². The van der Waals surface area contributed by atoms with E-state index in [1.54, 1.807) is 0 Å². The van der Waals surface area contributed by atoms with Crippen molar-refractivity contribution in [3.05, 3.63) is 0 Å². The lowest BCUT2D eigenvalue weighted by Crippen LogP contribution is -2.23. The lowest BCUT2D eigenvalue weighted by molar-refractivity contribution is -0.476. The summed E-state index contributed by atoms with van der Waals surface area (Å²) in [6, 6.07) is 0. The molecule has 0 aromatic carbocycles. The molecule has 17 heavy (non-hydrogen) atoms. The van der Waals surface area contributed by atoms with E-state index in [9.17, 15) is 17.3 Å². The van der Waals surface area contributed by atoms with E-state index in [-0.39, 0.29) is 0 Å². The molecular weight excluding hydrogens is 237 g/mol. The van der Waals surface area contributed by atoms with Crippen LogP contribution < -0.4 is 0 Å². The third-order valence-electron chi connectivity index (χ3n) is 1.49. The molecule has 0 saturated carbocycles. The first-order chi connectivity index (χ1) is 7.37. The maximum Gasteiger partial charge on any atom is 0.673 e. The number of hydrogen-bond acceptors (Lipinski definition) is 1. The Morgan fingerprint density at radius 2 is 1.47 bits per heavy atom. The zero-order valence-corrected chi connectivity index (χ0v) is 11.4. The van der Waals surface area contributed by atoms with E-state index in [2.05, 4.69) is 25.3 Å². The number of halogens is 4. The molecule has 0 aromatic heterocycles.